The Morgan fingerprint density at radius 3 is 2.72 bits per heavy atom. The molecule has 1 aliphatic heterocycles. The van der Waals surface area contributed by atoms with Crippen LogP contribution in [0.15, 0.2) is 23.1 Å². The monoisotopic (exact) mass is 371 g/mol. The standard InChI is InChI=1S/C16H18FNO6S/c1-24-14(19)13-11(17)5-2-6-12(13)25(22,23)18-8-10-4-3-7-16(10,9-18)15(20)21/h2,5-6,10H,3-4,7-9H2,1H3,(H,20,21)/t10-,16+/m0/s1. The topological polar surface area (TPSA) is 101 Å². The smallest absolute Gasteiger partial charge is 0.342 e. The number of benzene rings is 1. The molecule has 3 rings (SSSR count). The molecular weight excluding hydrogens is 353 g/mol. The average molecular weight is 371 g/mol. The van der Waals surface area contributed by atoms with Gasteiger partial charge in [-0.2, -0.15) is 4.31 Å². The number of carboxylic acids is 1. The summed E-state index contributed by atoms with van der Waals surface area (Å²) in [5.41, 5.74) is -1.77. The molecule has 7 nitrogen and oxygen atoms in total. The van der Waals surface area contributed by atoms with Crippen LogP contribution in [0, 0.1) is 17.2 Å². The Hall–Kier alpha value is -2.00. The van der Waals surface area contributed by atoms with Gasteiger partial charge in [0, 0.05) is 13.1 Å². The van der Waals surface area contributed by atoms with E-state index in [4.69, 9.17) is 0 Å². The molecule has 1 aromatic carbocycles. The highest BCUT2D eigenvalue weighted by Gasteiger charge is 2.57. The van der Waals surface area contributed by atoms with Crippen molar-refractivity contribution < 1.29 is 32.2 Å². The van der Waals surface area contributed by atoms with Crippen LogP contribution in [0.1, 0.15) is 29.6 Å². The minimum Gasteiger partial charge on any atom is -0.481 e. The normalized spacial score (nSPS) is 26.4. The number of fused-ring (bicyclic) bond motifs is 1. The number of carboxylic acid groups (broad SMARTS) is 1. The summed E-state index contributed by atoms with van der Waals surface area (Å²) in [7, 11) is -3.20. The van der Waals surface area contributed by atoms with Crippen molar-refractivity contribution in [3.63, 3.8) is 0 Å². The lowest BCUT2D eigenvalue weighted by atomic mass is 9.81. The molecule has 1 aromatic rings. The molecule has 1 heterocycles. The van der Waals surface area contributed by atoms with Gasteiger partial charge in [0.25, 0.3) is 0 Å². The number of carbonyl (C=O) groups excluding carboxylic acids is 1. The van der Waals surface area contributed by atoms with Gasteiger partial charge in [-0.15, -0.1) is 0 Å². The first-order chi connectivity index (χ1) is 11.7. The van der Waals surface area contributed by atoms with Crippen LogP contribution in [0.4, 0.5) is 4.39 Å². The molecule has 1 saturated carbocycles. The van der Waals surface area contributed by atoms with E-state index in [0.717, 1.165) is 30.0 Å². The van der Waals surface area contributed by atoms with Gasteiger partial charge in [0.2, 0.25) is 10.0 Å². The van der Waals surface area contributed by atoms with Crippen molar-refractivity contribution in [1.29, 1.82) is 0 Å². The molecule has 1 aliphatic carbocycles. The molecule has 2 fully saturated rings. The van der Waals surface area contributed by atoms with Crippen molar-refractivity contribution in [3.8, 4) is 0 Å². The van der Waals surface area contributed by atoms with Gasteiger partial charge in [0.1, 0.15) is 11.4 Å². The first kappa shape index (κ1) is 17.8. The van der Waals surface area contributed by atoms with Gasteiger partial charge in [0.15, 0.2) is 0 Å². The van der Waals surface area contributed by atoms with Crippen LogP contribution in [-0.2, 0) is 19.6 Å². The Balaban J connectivity index is 2.04. The van der Waals surface area contributed by atoms with Gasteiger partial charge in [-0.05, 0) is 30.9 Å². The molecule has 0 amide bonds. The zero-order valence-electron chi connectivity index (χ0n) is 13.6. The maximum atomic E-state index is 14.1. The minimum absolute atomic E-state index is 0.0474. The molecule has 1 saturated heterocycles. The van der Waals surface area contributed by atoms with E-state index >= 15 is 0 Å². The summed E-state index contributed by atoms with van der Waals surface area (Å²) in [6, 6.07) is 3.30. The highest BCUT2D eigenvalue weighted by Crippen LogP contribution is 2.50. The van der Waals surface area contributed by atoms with Gasteiger partial charge in [-0.1, -0.05) is 12.5 Å². The van der Waals surface area contributed by atoms with Crippen molar-refractivity contribution in [1.82, 2.24) is 4.31 Å². The largest absolute Gasteiger partial charge is 0.481 e. The van der Waals surface area contributed by atoms with E-state index < -0.39 is 43.7 Å². The molecule has 0 unspecified atom stereocenters. The number of rotatable bonds is 4. The number of hydrogen-bond donors (Lipinski definition) is 1. The molecule has 2 aliphatic rings. The first-order valence-electron chi connectivity index (χ1n) is 7.84. The molecule has 25 heavy (non-hydrogen) atoms. The summed E-state index contributed by atoms with van der Waals surface area (Å²) < 4.78 is 45.6. The number of hydrogen-bond acceptors (Lipinski definition) is 5. The minimum atomic E-state index is -4.23. The number of esters is 1. The molecule has 0 aromatic heterocycles. The molecule has 9 heteroatoms. The Labute approximate surface area is 144 Å². The van der Waals surface area contributed by atoms with Crippen LogP contribution < -0.4 is 0 Å². The number of sulfonamides is 1. The molecule has 0 radical (unpaired) electrons. The lowest BCUT2D eigenvalue weighted by molar-refractivity contribution is -0.149. The van der Waals surface area contributed by atoms with Crippen molar-refractivity contribution in [3.05, 3.63) is 29.6 Å². The molecule has 0 spiro atoms. The summed E-state index contributed by atoms with van der Waals surface area (Å²) in [5.74, 6) is -3.39. The number of nitrogens with zero attached hydrogens (tertiary/aromatic N) is 1. The summed E-state index contributed by atoms with van der Waals surface area (Å²) in [4.78, 5) is 23.1. The van der Waals surface area contributed by atoms with E-state index in [-0.39, 0.29) is 19.0 Å². The van der Waals surface area contributed by atoms with Gasteiger partial charge in [-0.25, -0.2) is 17.6 Å². The quantitative estimate of drug-likeness (QED) is 0.805. The summed E-state index contributed by atoms with van der Waals surface area (Å²) in [6.07, 6.45) is 1.77. The van der Waals surface area contributed by atoms with E-state index in [0.29, 0.717) is 12.8 Å². The average Bonchev–Trinajstić information content (AvgIpc) is 3.12. The highest BCUT2D eigenvalue weighted by molar-refractivity contribution is 7.89. The predicted octanol–water partition coefficient (Wildman–Crippen LogP) is 1.49. The van der Waals surface area contributed by atoms with Crippen LogP contribution in [0.3, 0.4) is 0 Å². The molecule has 2 atom stereocenters. The zero-order chi connectivity index (χ0) is 18.4. The van der Waals surface area contributed by atoms with E-state index in [1.54, 1.807) is 0 Å². The molecular formula is C16H18FNO6S. The number of halogens is 1. The van der Waals surface area contributed by atoms with Crippen LogP contribution in [0.5, 0.6) is 0 Å². The number of methoxy groups -OCH3 is 1. The Morgan fingerprint density at radius 2 is 2.12 bits per heavy atom. The summed E-state index contributed by atoms with van der Waals surface area (Å²) >= 11 is 0. The number of carbonyl (C=O) groups is 2. The fourth-order valence-corrected chi connectivity index (χ4v) is 5.68. The predicted molar refractivity (Wildman–Crippen MR) is 83.9 cm³/mol. The van der Waals surface area contributed by atoms with Crippen molar-refractivity contribution in [2.24, 2.45) is 11.3 Å². The third kappa shape index (κ3) is 2.62. The lowest BCUT2D eigenvalue weighted by Crippen LogP contribution is -2.37. The van der Waals surface area contributed by atoms with Crippen molar-refractivity contribution >= 4 is 22.0 Å². The Morgan fingerprint density at radius 1 is 1.40 bits per heavy atom. The second-order valence-corrected chi connectivity index (χ2v) is 8.36. The van der Waals surface area contributed by atoms with Crippen LogP contribution in [0.25, 0.3) is 0 Å². The van der Waals surface area contributed by atoms with Crippen molar-refractivity contribution in [2.75, 3.05) is 20.2 Å². The second-order valence-electron chi connectivity index (χ2n) is 6.45. The van der Waals surface area contributed by atoms with Crippen molar-refractivity contribution in [2.45, 2.75) is 24.2 Å². The third-order valence-electron chi connectivity index (χ3n) is 5.25. The van der Waals surface area contributed by atoms with E-state index in [1.165, 1.54) is 6.07 Å². The number of aliphatic carboxylic acids is 1. The summed E-state index contributed by atoms with van der Waals surface area (Å²) in [6.45, 7) is -0.127. The second kappa shape index (κ2) is 6.06. The maximum Gasteiger partial charge on any atom is 0.342 e. The van der Waals surface area contributed by atoms with Crippen LogP contribution in [-0.4, -0.2) is 50.0 Å². The van der Waals surface area contributed by atoms with Gasteiger partial charge in [0.05, 0.1) is 17.4 Å². The van der Waals surface area contributed by atoms with Crippen LogP contribution >= 0.6 is 0 Å². The van der Waals surface area contributed by atoms with E-state index in [2.05, 4.69) is 4.74 Å². The van der Waals surface area contributed by atoms with E-state index in [1.807, 2.05) is 0 Å². The van der Waals surface area contributed by atoms with E-state index in [9.17, 15) is 27.5 Å². The van der Waals surface area contributed by atoms with Gasteiger partial charge >= 0.3 is 11.9 Å². The lowest BCUT2D eigenvalue weighted by Gasteiger charge is -2.23. The number of ether oxygens (including phenoxy) is 1. The first-order valence-corrected chi connectivity index (χ1v) is 9.28. The Kier molecular flexibility index (Phi) is 4.32. The fraction of sp³-hybridized carbons (Fsp3) is 0.500. The Bertz CT molecular complexity index is 839. The highest BCUT2D eigenvalue weighted by atomic mass is 32.2. The molecule has 136 valence electrons. The zero-order valence-corrected chi connectivity index (χ0v) is 14.4. The van der Waals surface area contributed by atoms with Gasteiger partial charge in [-0.3, -0.25) is 4.79 Å². The van der Waals surface area contributed by atoms with Gasteiger partial charge < -0.3 is 9.84 Å². The maximum absolute atomic E-state index is 14.1. The molecule has 0 bridgehead atoms. The summed E-state index contributed by atoms with van der Waals surface area (Å²) in [5, 5.41) is 9.60. The molecule has 1 N–H and O–H groups in total. The SMILES string of the molecule is COC(=O)c1c(F)cccc1S(=O)(=O)N1C[C@@H]2CCC[C@@]2(C(=O)O)C1. The third-order valence-corrected chi connectivity index (χ3v) is 7.10. The fourth-order valence-electron chi connectivity index (χ4n) is 3.93. The van der Waals surface area contributed by atoms with Crippen LogP contribution in [0.2, 0.25) is 0 Å².